The van der Waals surface area contributed by atoms with E-state index in [1.807, 2.05) is 90.9 Å². The number of methoxy groups -OCH3 is 2. The summed E-state index contributed by atoms with van der Waals surface area (Å²) in [5.41, 5.74) is 7.83. The van der Waals surface area contributed by atoms with Gasteiger partial charge in [-0.2, -0.15) is 0 Å². The largest absolute Gasteiger partial charge is 0.399 e. The van der Waals surface area contributed by atoms with Gasteiger partial charge in [0.15, 0.2) is 0 Å². The monoisotopic (exact) mass is 836 g/mol. The van der Waals surface area contributed by atoms with Gasteiger partial charge in [-0.05, 0) is 74.5 Å². The number of amides is 5. The van der Waals surface area contributed by atoms with Crippen molar-refractivity contribution in [1.82, 2.24) is 25.3 Å². The average molecular weight is 836 g/mol. The zero-order valence-corrected chi connectivity index (χ0v) is 38.1. The van der Waals surface area contributed by atoms with Crippen molar-refractivity contribution in [2.24, 2.45) is 23.7 Å². The predicted octanol–water partition coefficient (Wildman–Crippen LogP) is 4.58. The highest BCUT2D eigenvalue weighted by Gasteiger charge is 2.43. The van der Waals surface area contributed by atoms with Crippen LogP contribution in [0.25, 0.3) is 0 Å². The highest BCUT2D eigenvalue weighted by molar-refractivity contribution is 5.98. The van der Waals surface area contributed by atoms with Crippen LogP contribution < -0.4 is 21.7 Å². The maximum Gasteiger partial charge on any atom is 0.247 e. The number of benzene rings is 2. The van der Waals surface area contributed by atoms with Crippen LogP contribution in [0.2, 0.25) is 0 Å². The quantitative estimate of drug-likeness (QED) is 0.124. The number of carbonyl (C=O) groups excluding carboxylic acids is 5. The molecule has 9 unspecified atom stereocenters. The van der Waals surface area contributed by atoms with E-state index in [4.69, 9.17) is 15.2 Å². The van der Waals surface area contributed by atoms with Gasteiger partial charge in [-0.25, -0.2) is 0 Å². The van der Waals surface area contributed by atoms with Crippen molar-refractivity contribution in [3.05, 3.63) is 60.2 Å². The molecule has 60 heavy (non-hydrogen) atoms. The fourth-order valence-corrected chi connectivity index (χ4v) is 8.57. The molecule has 1 fully saturated rings. The summed E-state index contributed by atoms with van der Waals surface area (Å²) in [4.78, 5) is 75.1. The molecule has 1 aliphatic rings. The summed E-state index contributed by atoms with van der Waals surface area (Å²) in [6, 6.07) is 13.3. The number of nitrogen functional groups attached to an aromatic ring is 1. The lowest BCUT2D eigenvalue weighted by Gasteiger charge is -2.41. The Morgan fingerprint density at radius 1 is 0.833 bits per heavy atom. The number of likely N-dealkylation sites (tertiary alicyclic amines) is 1. The number of nitrogens with zero attached hydrogens (tertiary/aromatic N) is 3. The molecule has 0 aromatic heterocycles. The van der Waals surface area contributed by atoms with Gasteiger partial charge in [-0.15, -0.1) is 0 Å². The number of likely N-dealkylation sites (N-methyl/N-ethyl adjacent to an activating group) is 2. The Morgan fingerprint density at radius 3 is 2.00 bits per heavy atom. The zero-order chi connectivity index (χ0) is 44.8. The van der Waals surface area contributed by atoms with Gasteiger partial charge in [-0.1, -0.05) is 85.2 Å². The molecule has 334 valence electrons. The van der Waals surface area contributed by atoms with Gasteiger partial charge in [0.2, 0.25) is 29.5 Å². The van der Waals surface area contributed by atoms with Gasteiger partial charge in [0.1, 0.15) is 12.1 Å². The molecule has 9 atom stereocenters. The molecule has 14 nitrogen and oxygen atoms in total. The maximum absolute atomic E-state index is 14.4. The first-order valence-electron chi connectivity index (χ1n) is 21.5. The lowest BCUT2D eigenvalue weighted by atomic mass is 9.89. The van der Waals surface area contributed by atoms with Crippen molar-refractivity contribution in [3.8, 4) is 0 Å². The third-order valence-electron chi connectivity index (χ3n) is 12.0. The summed E-state index contributed by atoms with van der Waals surface area (Å²) in [6.07, 6.45) is 0.994. The summed E-state index contributed by atoms with van der Waals surface area (Å²) in [7, 11) is 8.52. The first-order chi connectivity index (χ1) is 28.4. The zero-order valence-electron chi connectivity index (χ0n) is 38.1. The molecule has 0 bridgehead atoms. The van der Waals surface area contributed by atoms with Gasteiger partial charge in [0.25, 0.3) is 0 Å². The van der Waals surface area contributed by atoms with E-state index < -0.39 is 48.3 Å². The smallest absolute Gasteiger partial charge is 0.247 e. The van der Waals surface area contributed by atoms with Crippen LogP contribution in [-0.2, 0) is 39.9 Å². The van der Waals surface area contributed by atoms with Gasteiger partial charge in [0.05, 0.1) is 42.7 Å². The Balaban J connectivity index is 1.81. The first-order valence-corrected chi connectivity index (χ1v) is 21.5. The van der Waals surface area contributed by atoms with Gasteiger partial charge >= 0.3 is 0 Å². The molecule has 0 aliphatic carbocycles. The van der Waals surface area contributed by atoms with Gasteiger partial charge < -0.3 is 41.0 Å². The second-order valence-electron chi connectivity index (χ2n) is 17.3. The number of nitrogens with one attached hydrogen (secondary N) is 3. The Labute approximate surface area is 358 Å². The molecule has 0 radical (unpaired) electrons. The summed E-state index contributed by atoms with van der Waals surface area (Å²) in [6.45, 7) is 14.1. The Morgan fingerprint density at radius 2 is 1.47 bits per heavy atom. The molecule has 0 saturated carbocycles. The van der Waals surface area contributed by atoms with Crippen LogP contribution in [0.1, 0.15) is 79.7 Å². The van der Waals surface area contributed by atoms with Crippen molar-refractivity contribution in [2.75, 3.05) is 53.0 Å². The lowest BCUT2D eigenvalue weighted by molar-refractivity contribution is -0.148. The Kier molecular flexibility index (Phi) is 19.5. The Hall–Kier alpha value is -4.53. The van der Waals surface area contributed by atoms with Crippen LogP contribution >= 0.6 is 0 Å². The van der Waals surface area contributed by atoms with Crippen molar-refractivity contribution in [2.45, 2.75) is 123 Å². The number of nitrogens with two attached hydrogens (primary N) is 1. The lowest BCUT2D eigenvalue weighted by Crippen LogP contribution is -2.59. The molecule has 1 heterocycles. The van der Waals surface area contributed by atoms with E-state index in [9.17, 15) is 24.0 Å². The van der Waals surface area contributed by atoms with Crippen molar-refractivity contribution in [1.29, 1.82) is 0 Å². The standard InChI is InChI=1S/C46H73N7O7/c1-13-30(6)41(52(10)46(58)39(28(2)3)50-45(57)40(29(4)5)51(8)9)37(59-11)27-38(54)53-25-17-20-36(53)42(60-12)31(7)43(55)49-35(26-32-18-15-14-16-19-32)44(56)48-34-23-21-33(47)22-24-34/h14-16,18-19,21-24,28-31,35-37,39-42H,13,17,20,25-27,47H2,1-12H3,(H,48,56)(H,49,55)(H,50,57). The number of hydrogen-bond acceptors (Lipinski definition) is 9. The van der Waals surface area contributed by atoms with Crippen molar-refractivity contribution >= 4 is 40.9 Å². The number of carbonyl (C=O) groups is 5. The Bertz CT molecular complexity index is 1680. The van der Waals surface area contributed by atoms with Crippen LogP contribution in [0, 0.1) is 23.7 Å². The van der Waals surface area contributed by atoms with Crippen LogP contribution in [0.3, 0.4) is 0 Å². The van der Waals surface area contributed by atoms with E-state index in [0.717, 1.165) is 18.4 Å². The first kappa shape index (κ1) is 49.8. The second kappa shape index (κ2) is 23.5. The van der Waals surface area contributed by atoms with Crippen LogP contribution in [0.4, 0.5) is 11.4 Å². The normalized spacial score (nSPS) is 18.2. The molecule has 5 amide bonds. The number of anilines is 2. The summed E-state index contributed by atoms with van der Waals surface area (Å²) < 4.78 is 12.1. The minimum atomic E-state index is -0.897. The number of ether oxygens (including phenoxy) is 2. The highest BCUT2D eigenvalue weighted by atomic mass is 16.5. The van der Waals surface area contributed by atoms with E-state index in [-0.39, 0.29) is 60.1 Å². The fraction of sp³-hybridized carbons (Fsp3) is 0.630. The molecule has 0 spiro atoms. The van der Waals surface area contributed by atoms with Crippen LogP contribution in [0.15, 0.2) is 54.6 Å². The predicted molar refractivity (Wildman–Crippen MR) is 237 cm³/mol. The van der Waals surface area contributed by atoms with Gasteiger partial charge in [-0.3, -0.25) is 28.9 Å². The van der Waals surface area contributed by atoms with E-state index >= 15 is 0 Å². The average Bonchev–Trinajstić information content (AvgIpc) is 3.69. The minimum Gasteiger partial charge on any atom is -0.399 e. The summed E-state index contributed by atoms with van der Waals surface area (Å²) in [5.74, 6) is -2.31. The highest BCUT2D eigenvalue weighted by Crippen LogP contribution is 2.30. The number of hydrogen-bond donors (Lipinski definition) is 4. The van der Waals surface area contributed by atoms with Crippen LogP contribution in [0.5, 0.6) is 0 Å². The fourth-order valence-electron chi connectivity index (χ4n) is 8.57. The molecule has 1 saturated heterocycles. The maximum atomic E-state index is 14.4. The van der Waals surface area contributed by atoms with Crippen molar-refractivity contribution < 1.29 is 33.4 Å². The molecule has 1 aliphatic heterocycles. The van der Waals surface area contributed by atoms with E-state index in [1.54, 1.807) is 55.1 Å². The summed E-state index contributed by atoms with van der Waals surface area (Å²) >= 11 is 0. The third kappa shape index (κ3) is 13.2. The topological polar surface area (TPSA) is 176 Å². The van der Waals surface area contributed by atoms with Crippen molar-refractivity contribution in [3.63, 3.8) is 0 Å². The molecule has 3 rings (SSSR count). The number of rotatable bonds is 22. The van der Waals surface area contributed by atoms with E-state index in [2.05, 4.69) is 16.0 Å². The second-order valence-corrected chi connectivity index (χ2v) is 17.3. The summed E-state index contributed by atoms with van der Waals surface area (Å²) in [5, 5.41) is 8.91. The molecule has 2 aromatic rings. The minimum absolute atomic E-state index is 0.00411. The van der Waals surface area contributed by atoms with E-state index in [0.29, 0.717) is 24.3 Å². The van der Waals surface area contributed by atoms with Crippen LogP contribution in [-0.4, -0.2) is 129 Å². The third-order valence-corrected chi connectivity index (χ3v) is 12.0. The van der Waals surface area contributed by atoms with Gasteiger partial charge in [0, 0.05) is 45.6 Å². The van der Waals surface area contributed by atoms with E-state index in [1.165, 1.54) is 7.11 Å². The molecular formula is C46H73N7O7. The molecule has 5 N–H and O–H groups in total. The molecule has 2 aromatic carbocycles. The molecular weight excluding hydrogens is 763 g/mol. The molecule has 14 heteroatoms. The SMILES string of the molecule is CCC(C)C(C(CC(=O)N1CCCC1C(OC)C(C)C(=O)NC(Cc1ccccc1)C(=O)Nc1ccc(N)cc1)OC)N(C)C(=O)C(NC(=O)C(C(C)C)N(C)C)C(C)C.